The maximum atomic E-state index is 12.5. The first-order valence-corrected chi connectivity index (χ1v) is 9.31. The molecular weight excluding hydrogens is 360 g/mol. The lowest BCUT2D eigenvalue weighted by molar-refractivity contribution is -0.124. The van der Waals surface area contributed by atoms with Gasteiger partial charge in [0, 0.05) is 13.1 Å². The third-order valence-corrected chi connectivity index (χ3v) is 5.20. The standard InChI is InChI=1S/C20H24N4O4/c1-3-28-17(26)16-13-21-18(22-16)23-19(27)24-11-9-20(10-12-24,14(2)25)15-7-5-4-6-8-15/h4-8,13H,3,9-12H2,1-2H3,(H2,21,22,23,27). The minimum absolute atomic E-state index is 0.115. The first-order valence-electron chi connectivity index (χ1n) is 9.31. The van der Waals surface area contributed by atoms with Crippen LogP contribution >= 0.6 is 0 Å². The zero-order chi connectivity index (χ0) is 20.1. The lowest BCUT2D eigenvalue weighted by atomic mass is 9.70. The van der Waals surface area contributed by atoms with Crippen LogP contribution < -0.4 is 5.32 Å². The van der Waals surface area contributed by atoms with Crippen molar-refractivity contribution < 1.29 is 19.1 Å². The summed E-state index contributed by atoms with van der Waals surface area (Å²) >= 11 is 0. The van der Waals surface area contributed by atoms with E-state index >= 15 is 0 Å². The molecule has 0 saturated carbocycles. The van der Waals surface area contributed by atoms with E-state index in [1.54, 1.807) is 18.7 Å². The highest BCUT2D eigenvalue weighted by Gasteiger charge is 2.41. The quantitative estimate of drug-likeness (QED) is 0.772. The van der Waals surface area contributed by atoms with Gasteiger partial charge in [-0.25, -0.2) is 14.6 Å². The molecule has 1 aliphatic heterocycles. The van der Waals surface area contributed by atoms with Gasteiger partial charge in [0.25, 0.3) is 0 Å². The molecule has 2 N–H and O–H groups in total. The summed E-state index contributed by atoms with van der Waals surface area (Å²) in [5.74, 6) is -0.231. The maximum absolute atomic E-state index is 12.5. The third-order valence-electron chi connectivity index (χ3n) is 5.20. The predicted octanol–water partition coefficient (Wildman–Crippen LogP) is 2.74. The third kappa shape index (κ3) is 3.90. The number of carbonyl (C=O) groups is 3. The van der Waals surface area contributed by atoms with Gasteiger partial charge >= 0.3 is 12.0 Å². The van der Waals surface area contributed by atoms with Crippen LogP contribution in [0.5, 0.6) is 0 Å². The minimum Gasteiger partial charge on any atom is -0.461 e. The van der Waals surface area contributed by atoms with Gasteiger partial charge in [-0.3, -0.25) is 10.1 Å². The summed E-state index contributed by atoms with van der Waals surface area (Å²) in [4.78, 5) is 45.0. The Morgan fingerprint density at radius 2 is 1.89 bits per heavy atom. The highest BCUT2D eigenvalue weighted by atomic mass is 16.5. The number of rotatable bonds is 5. The topological polar surface area (TPSA) is 104 Å². The zero-order valence-electron chi connectivity index (χ0n) is 16.0. The van der Waals surface area contributed by atoms with E-state index in [1.807, 2.05) is 30.3 Å². The largest absolute Gasteiger partial charge is 0.461 e. The highest BCUT2D eigenvalue weighted by molar-refractivity contribution is 5.91. The first-order chi connectivity index (χ1) is 13.5. The second-order valence-corrected chi connectivity index (χ2v) is 6.79. The molecule has 0 atom stereocenters. The summed E-state index contributed by atoms with van der Waals surface area (Å²) in [6.45, 7) is 4.48. The van der Waals surface area contributed by atoms with E-state index in [0.717, 1.165) is 5.56 Å². The van der Waals surface area contributed by atoms with Crippen LogP contribution in [-0.2, 0) is 14.9 Å². The van der Waals surface area contributed by atoms with Gasteiger partial charge < -0.3 is 14.6 Å². The minimum atomic E-state index is -0.556. The lowest BCUT2D eigenvalue weighted by Crippen LogP contribution is -2.49. The maximum Gasteiger partial charge on any atom is 0.356 e. The molecule has 0 radical (unpaired) electrons. The SMILES string of the molecule is CCOC(=O)c1cnc(NC(=O)N2CCC(C(C)=O)(c3ccccc3)CC2)[nH]1. The number of hydrogen-bond donors (Lipinski definition) is 2. The molecule has 0 bridgehead atoms. The van der Waals surface area contributed by atoms with Gasteiger partial charge in [-0.1, -0.05) is 30.3 Å². The number of amides is 2. The van der Waals surface area contributed by atoms with Crippen LogP contribution in [0.2, 0.25) is 0 Å². The molecule has 2 heterocycles. The summed E-state index contributed by atoms with van der Waals surface area (Å²) in [7, 11) is 0. The number of aromatic nitrogens is 2. The van der Waals surface area contributed by atoms with Gasteiger partial charge in [0.1, 0.15) is 11.5 Å². The van der Waals surface area contributed by atoms with Crippen molar-refractivity contribution in [1.29, 1.82) is 0 Å². The monoisotopic (exact) mass is 384 g/mol. The number of benzene rings is 1. The Labute approximate surface area is 163 Å². The number of urea groups is 1. The average Bonchev–Trinajstić information content (AvgIpc) is 3.17. The van der Waals surface area contributed by atoms with Crippen LogP contribution in [0.3, 0.4) is 0 Å². The molecule has 148 valence electrons. The van der Waals surface area contributed by atoms with Crippen LogP contribution in [0.4, 0.5) is 10.7 Å². The number of aromatic amines is 1. The molecule has 28 heavy (non-hydrogen) atoms. The number of anilines is 1. The molecule has 0 spiro atoms. The Morgan fingerprint density at radius 1 is 1.21 bits per heavy atom. The molecule has 2 amide bonds. The summed E-state index contributed by atoms with van der Waals surface area (Å²) in [5, 5.41) is 2.65. The molecule has 1 saturated heterocycles. The van der Waals surface area contributed by atoms with Gasteiger partial charge in [0.15, 0.2) is 0 Å². The van der Waals surface area contributed by atoms with Crippen molar-refractivity contribution in [3.63, 3.8) is 0 Å². The van der Waals surface area contributed by atoms with Crippen LogP contribution in [0.1, 0.15) is 42.7 Å². The lowest BCUT2D eigenvalue weighted by Gasteiger charge is -2.40. The molecule has 3 rings (SSSR count). The highest BCUT2D eigenvalue weighted by Crippen LogP contribution is 2.36. The number of piperidine rings is 1. The molecular formula is C20H24N4O4. The van der Waals surface area contributed by atoms with Gasteiger partial charge in [0.2, 0.25) is 5.95 Å². The molecule has 0 unspecified atom stereocenters. The summed E-state index contributed by atoms with van der Waals surface area (Å²) < 4.78 is 4.88. The van der Waals surface area contributed by atoms with E-state index < -0.39 is 11.4 Å². The van der Waals surface area contributed by atoms with Crippen LogP contribution in [0.25, 0.3) is 0 Å². The van der Waals surface area contributed by atoms with Crippen molar-refractivity contribution >= 4 is 23.7 Å². The molecule has 8 nitrogen and oxygen atoms in total. The number of Topliss-reactive ketones (excluding diaryl/α,β-unsaturated/α-hetero) is 1. The number of H-pyrrole nitrogens is 1. The van der Waals surface area contributed by atoms with Crippen molar-refractivity contribution in [2.45, 2.75) is 32.1 Å². The van der Waals surface area contributed by atoms with Gasteiger partial charge in [-0.15, -0.1) is 0 Å². The Hall–Kier alpha value is -3.16. The second-order valence-electron chi connectivity index (χ2n) is 6.79. The number of nitrogens with one attached hydrogen (secondary N) is 2. The fourth-order valence-electron chi connectivity index (χ4n) is 3.57. The second kappa shape index (κ2) is 8.24. The van der Waals surface area contributed by atoms with Gasteiger partial charge in [-0.05, 0) is 32.3 Å². The summed E-state index contributed by atoms with van der Waals surface area (Å²) in [5.41, 5.74) is 0.614. The molecule has 8 heteroatoms. The van der Waals surface area contributed by atoms with E-state index in [2.05, 4.69) is 15.3 Å². The van der Waals surface area contributed by atoms with Gasteiger partial charge in [0.05, 0.1) is 18.2 Å². The van der Waals surface area contributed by atoms with Gasteiger partial charge in [-0.2, -0.15) is 0 Å². The molecule has 1 fully saturated rings. The van der Waals surface area contributed by atoms with E-state index in [-0.39, 0.29) is 30.1 Å². The average molecular weight is 384 g/mol. The summed E-state index contributed by atoms with van der Waals surface area (Å²) in [6.07, 6.45) is 2.44. The number of hydrogen-bond acceptors (Lipinski definition) is 5. The number of carbonyl (C=O) groups excluding carboxylic acids is 3. The zero-order valence-corrected chi connectivity index (χ0v) is 16.0. The summed E-state index contributed by atoms with van der Waals surface area (Å²) in [6, 6.07) is 9.39. The van der Waals surface area contributed by atoms with E-state index in [4.69, 9.17) is 4.74 Å². The normalized spacial score (nSPS) is 15.7. The Balaban J connectivity index is 1.63. The molecule has 1 aromatic carbocycles. The number of ether oxygens (including phenoxy) is 1. The van der Waals surface area contributed by atoms with Crippen molar-refractivity contribution in [2.24, 2.45) is 0 Å². The number of esters is 1. The van der Waals surface area contributed by atoms with Crippen molar-refractivity contribution in [3.8, 4) is 0 Å². The predicted molar refractivity (Wildman–Crippen MR) is 103 cm³/mol. The molecule has 1 aliphatic rings. The number of ketones is 1. The van der Waals surface area contributed by atoms with E-state index in [1.165, 1.54) is 6.20 Å². The van der Waals surface area contributed by atoms with Crippen LogP contribution in [0.15, 0.2) is 36.5 Å². The van der Waals surface area contributed by atoms with E-state index in [9.17, 15) is 14.4 Å². The number of imidazole rings is 1. The molecule has 0 aliphatic carbocycles. The fraction of sp³-hybridized carbons (Fsp3) is 0.400. The van der Waals surface area contributed by atoms with Crippen molar-refractivity contribution in [2.75, 3.05) is 25.0 Å². The fourth-order valence-corrected chi connectivity index (χ4v) is 3.57. The molecule has 1 aromatic heterocycles. The first kappa shape index (κ1) is 19.6. The van der Waals surface area contributed by atoms with E-state index in [0.29, 0.717) is 25.9 Å². The molecule has 2 aromatic rings. The Kier molecular flexibility index (Phi) is 5.77. The van der Waals surface area contributed by atoms with Crippen molar-refractivity contribution in [1.82, 2.24) is 14.9 Å². The number of nitrogens with zero attached hydrogens (tertiary/aromatic N) is 2. The van der Waals surface area contributed by atoms with Crippen molar-refractivity contribution in [3.05, 3.63) is 47.8 Å². The Bertz CT molecular complexity index is 854. The van der Waals surface area contributed by atoms with Crippen LogP contribution in [0, 0.1) is 0 Å². The smallest absolute Gasteiger partial charge is 0.356 e. The Morgan fingerprint density at radius 3 is 2.50 bits per heavy atom. The number of likely N-dealkylation sites (tertiary alicyclic amines) is 1. The van der Waals surface area contributed by atoms with Crippen LogP contribution in [-0.4, -0.2) is 52.3 Å².